The quantitative estimate of drug-likeness (QED) is 0.605. The molecule has 6 nitrogen and oxygen atoms in total. The molecule has 0 aromatic carbocycles. The largest absolute Gasteiger partial charge is 0.336 e. The highest BCUT2D eigenvalue weighted by molar-refractivity contribution is 5.28. The Hall–Kier alpha value is -1.47. The van der Waals surface area contributed by atoms with Gasteiger partial charge in [-0.1, -0.05) is 24.6 Å². The summed E-state index contributed by atoms with van der Waals surface area (Å²) in [6, 6.07) is 1.40. The Morgan fingerprint density at radius 1 is 0.848 bits per heavy atom. The molecule has 182 valence electrons. The highest BCUT2D eigenvalue weighted by atomic mass is 15.3. The Kier molecular flexibility index (Phi) is 8.31. The zero-order valence-electron chi connectivity index (χ0n) is 20.5. The fourth-order valence-corrected chi connectivity index (χ4v) is 6.28. The minimum Gasteiger partial charge on any atom is -0.336 e. The number of likely N-dealkylation sites (tertiary alicyclic amines) is 2. The number of hydrogen-bond acceptors (Lipinski definition) is 5. The molecule has 3 fully saturated rings. The van der Waals surface area contributed by atoms with Gasteiger partial charge in [0.25, 0.3) is 0 Å². The SMILES string of the molecule is C1=CC(C(CN2CCC(N3CCCCC3)CC2)N2CCN(CCn3ccnc3)CC2)=CCC1. The fourth-order valence-electron chi connectivity index (χ4n) is 6.28. The van der Waals surface area contributed by atoms with Crippen LogP contribution in [0.1, 0.15) is 44.9 Å². The van der Waals surface area contributed by atoms with Gasteiger partial charge < -0.3 is 14.4 Å². The number of imidazole rings is 1. The molecule has 1 aromatic heterocycles. The third-order valence-corrected chi connectivity index (χ3v) is 8.39. The Morgan fingerprint density at radius 3 is 2.36 bits per heavy atom. The number of aromatic nitrogens is 2. The van der Waals surface area contributed by atoms with Crippen molar-refractivity contribution in [2.24, 2.45) is 0 Å². The van der Waals surface area contributed by atoms with Crippen LogP contribution in [-0.4, -0.2) is 107 Å². The van der Waals surface area contributed by atoms with Crippen LogP contribution in [-0.2, 0) is 6.54 Å². The van der Waals surface area contributed by atoms with Crippen molar-refractivity contribution < 1.29 is 0 Å². The van der Waals surface area contributed by atoms with E-state index in [9.17, 15) is 0 Å². The zero-order chi connectivity index (χ0) is 22.3. The van der Waals surface area contributed by atoms with Gasteiger partial charge in [0, 0.05) is 70.3 Å². The molecule has 5 rings (SSSR count). The van der Waals surface area contributed by atoms with E-state index >= 15 is 0 Å². The molecule has 0 spiro atoms. The summed E-state index contributed by atoms with van der Waals surface area (Å²) < 4.78 is 2.19. The van der Waals surface area contributed by atoms with E-state index in [1.807, 2.05) is 12.5 Å². The topological polar surface area (TPSA) is 30.8 Å². The van der Waals surface area contributed by atoms with Crippen LogP contribution in [0.3, 0.4) is 0 Å². The van der Waals surface area contributed by atoms with E-state index in [1.165, 1.54) is 104 Å². The summed E-state index contributed by atoms with van der Waals surface area (Å²) in [5.74, 6) is 0. The molecule has 0 N–H and O–H groups in total. The Morgan fingerprint density at radius 2 is 1.67 bits per heavy atom. The van der Waals surface area contributed by atoms with Crippen molar-refractivity contribution in [3.05, 3.63) is 42.5 Å². The summed E-state index contributed by atoms with van der Waals surface area (Å²) in [4.78, 5) is 15.2. The number of rotatable bonds is 8. The molecule has 3 aliphatic heterocycles. The standard InChI is InChI=1S/C27H44N6/c1-3-7-25(8-4-1)27(23-30-14-9-26(10-15-30)32-12-5-2-6-13-32)33-21-19-29(20-22-33)17-18-31-16-11-28-24-31/h3,7-8,11,16,24,26-27H,1-2,4-6,9-10,12-15,17-23H2. The van der Waals surface area contributed by atoms with Gasteiger partial charge in [0.15, 0.2) is 0 Å². The molecular formula is C27H44N6. The number of hydrogen-bond donors (Lipinski definition) is 0. The van der Waals surface area contributed by atoms with Crippen molar-refractivity contribution in [3.63, 3.8) is 0 Å². The van der Waals surface area contributed by atoms with Gasteiger partial charge in [-0.3, -0.25) is 9.80 Å². The second-order valence-corrected chi connectivity index (χ2v) is 10.5. The van der Waals surface area contributed by atoms with Crippen molar-refractivity contribution in [2.45, 2.75) is 63.6 Å². The van der Waals surface area contributed by atoms with E-state index in [2.05, 4.69) is 53.6 Å². The summed E-state index contributed by atoms with van der Waals surface area (Å²) in [7, 11) is 0. The molecule has 4 heterocycles. The van der Waals surface area contributed by atoms with Crippen molar-refractivity contribution in [2.75, 3.05) is 65.4 Å². The first kappa shape index (κ1) is 23.3. The molecule has 1 unspecified atom stereocenters. The second kappa shape index (κ2) is 11.8. The van der Waals surface area contributed by atoms with E-state index in [4.69, 9.17) is 0 Å². The fraction of sp³-hybridized carbons (Fsp3) is 0.741. The molecule has 0 radical (unpaired) electrons. The van der Waals surface area contributed by atoms with E-state index in [-0.39, 0.29) is 0 Å². The number of piperazine rings is 1. The molecule has 1 aliphatic carbocycles. The van der Waals surface area contributed by atoms with Gasteiger partial charge >= 0.3 is 0 Å². The van der Waals surface area contributed by atoms with Gasteiger partial charge in [-0.2, -0.15) is 0 Å². The van der Waals surface area contributed by atoms with Crippen molar-refractivity contribution in [1.29, 1.82) is 0 Å². The maximum Gasteiger partial charge on any atom is 0.0946 e. The minimum absolute atomic E-state index is 0.559. The summed E-state index contributed by atoms with van der Waals surface area (Å²) >= 11 is 0. The molecule has 0 bridgehead atoms. The summed E-state index contributed by atoms with van der Waals surface area (Å²) in [6.45, 7) is 13.3. The van der Waals surface area contributed by atoms with Gasteiger partial charge in [0.05, 0.1) is 6.33 Å². The molecule has 0 amide bonds. The molecule has 3 saturated heterocycles. The lowest BCUT2D eigenvalue weighted by atomic mass is 9.95. The third-order valence-electron chi connectivity index (χ3n) is 8.39. The Labute approximate surface area is 200 Å². The van der Waals surface area contributed by atoms with Gasteiger partial charge in [0.2, 0.25) is 0 Å². The van der Waals surface area contributed by atoms with Gasteiger partial charge in [0.1, 0.15) is 0 Å². The number of nitrogens with zero attached hydrogens (tertiary/aromatic N) is 6. The predicted octanol–water partition coefficient (Wildman–Crippen LogP) is 3.10. The lowest BCUT2D eigenvalue weighted by molar-refractivity contribution is 0.0610. The normalized spacial score (nSPS) is 25.9. The van der Waals surface area contributed by atoms with E-state index in [0.29, 0.717) is 6.04 Å². The molecule has 4 aliphatic rings. The van der Waals surface area contributed by atoms with Crippen LogP contribution in [0.4, 0.5) is 0 Å². The van der Waals surface area contributed by atoms with Crippen LogP contribution < -0.4 is 0 Å². The van der Waals surface area contributed by atoms with E-state index in [0.717, 1.165) is 19.1 Å². The first-order valence-electron chi connectivity index (χ1n) is 13.6. The summed E-state index contributed by atoms with van der Waals surface area (Å²) in [5.41, 5.74) is 1.58. The van der Waals surface area contributed by atoms with E-state index in [1.54, 1.807) is 5.57 Å². The highest BCUT2D eigenvalue weighted by Gasteiger charge is 2.31. The Bertz CT molecular complexity index is 750. The lowest BCUT2D eigenvalue weighted by Gasteiger charge is -2.44. The average Bonchev–Trinajstić information content (AvgIpc) is 3.42. The molecule has 33 heavy (non-hydrogen) atoms. The van der Waals surface area contributed by atoms with Gasteiger partial charge in [-0.15, -0.1) is 0 Å². The van der Waals surface area contributed by atoms with Gasteiger partial charge in [-0.05, 0) is 70.3 Å². The van der Waals surface area contributed by atoms with Crippen molar-refractivity contribution >= 4 is 0 Å². The lowest BCUT2D eigenvalue weighted by Crippen LogP contribution is -2.55. The van der Waals surface area contributed by atoms with Crippen LogP contribution >= 0.6 is 0 Å². The number of piperidine rings is 2. The van der Waals surface area contributed by atoms with Crippen LogP contribution in [0.25, 0.3) is 0 Å². The third kappa shape index (κ3) is 6.36. The first-order chi connectivity index (χ1) is 16.3. The monoisotopic (exact) mass is 452 g/mol. The molecular weight excluding hydrogens is 408 g/mol. The summed E-state index contributed by atoms with van der Waals surface area (Å²) in [5, 5.41) is 0. The first-order valence-corrected chi connectivity index (χ1v) is 13.6. The average molecular weight is 453 g/mol. The molecule has 6 heteroatoms. The maximum atomic E-state index is 4.18. The molecule has 1 aromatic rings. The van der Waals surface area contributed by atoms with Crippen LogP contribution in [0.15, 0.2) is 42.5 Å². The Balaban J connectivity index is 1.13. The molecule has 1 atom stereocenters. The zero-order valence-corrected chi connectivity index (χ0v) is 20.5. The van der Waals surface area contributed by atoms with Crippen LogP contribution in [0.5, 0.6) is 0 Å². The smallest absolute Gasteiger partial charge is 0.0946 e. The predicted molar refractivity (Wildman–Crippen MR) is 135 cm³/mol. The summed E-state index contributed by atoms with van der Waals surface area (Å²) in [6.07, 6.45) is 22.7. The second-order valence-electron chi connectivity index (χ2n) is 10.5. The van der Waals surface area contributed by atoms with E-state index < -0.39 is 0 Å². The van der Waals surface area contributed by atoms with Crippen molar-refractivity contribution in [3.8, 4) is 0 Å². The van der Waals surface area contributed by atoms with Crippen LogP contribution in [0.2, 0.25) is 0 Å². The minimum atomic E-state index is 0.559. The maximum absolute atomic E-state index is 4.18. The highest BCUT2D eigenvalue weighted by Crippen LogP contribution is 2.25. The van der Waals surface area contributed by atoms with Gasteiger partial charge in [-0.25, -0.2) is 4.98 Å². The van der Waals surface area contributed by atoms with Crippen LogP contribution in [0, 0.1) is 0 Å². The molecule has 0 saturated carbocycles. The number of allylic oxidation sites excluding steroid dienone is 2. The van der Waals surface area contributed by atoms with Crippen molar-refractivity contribution in [1.82, 2.24) is 29.2 Å².